The molecule has 0 bridgehead atoms. The molecule has 4 N–H and O–H groups in total. The summed E-state index contributed by atoms with van der Waals surface area (Å²) in [7, 11) is 0. The van der Waals surface area contributed by atoms with Crippen LogP contribution in [0.2, 0.25) is 0 Å². The highest BCUT2D eigenvalue weighted by Gasteiger charge is 2.05. The van der Waals surface area contributed by atoms with Gasteiger partial charge < -0.3 is 16.4 Å². The van der Waals surface area contributed by atoms with E-state index < -0.39 is 0 Å². The van der Waals surface area contributed by atoms with Crippen LogP contribution in [0.1, 0.15) is 31.4 Å². The summed E-state index contributed by atoms with van der Waals surface area (Å²) >= 11 is 0. The minimum Gasteiger partial charge on any atom is -0.370 e. The van der Waals surface area contributed by atoms with Gasteiger partial charge >= 0.3 is 0 Å². The predicted molar refractivity (Wildman–Crippen MR) is 105 cm³/mol. The molecule has 25 heavy (non-hydrogen) atoms. The smallest absolute Gasteiger partial charge is 0.224 e. The number of guanidine groups is 1. The zero-order valence-corrected chi connectivity index (χ0v) is 15.0. The summed E-state index contributed by atoms with van der Waals surface area (Å²) in [4.78, 5) is 16.2. The Morgan fingerprint density at radius 2 is 1.76 bits per heavy atom. The second-order valence-electron chi connectivity index (χ2n) is 6.54. The molecule has 0 radical (unpaired) electrons. The number of nitrogens with two attached hydrogens (primary N) is 1. The van der Waals surface area contributed by atoms with Gasteiger partial charge in [-0.2, -0.15) is 0 Å². The van der Waals surface area contributed by atoms with Crippen molar-refractivity contribution in [1.29, 1.82) is 0 Å². The van der Waals surface area contributed by atoms with Crippen molar-refractivity contribution in [2.75, 3.05) is 10.6 Å². The van der Waals surface area contributed by atoms with E-state index in [0.717, 1.165) is 22.5 Å². The molecule has 0 saturated heterocycles. The quantitative estimate of drug-likeness (QED) is 0.552. The molecule has 0 unspecified atom stereocenters. The first kappa shape index (κ1) is 18.5. The molecule has 2 aromatic rings. The van der Waals surface area contributed by atoms with Crippen molar-refractivity contribution in [3.63, 3.8) is 0 Å². The first-order valence-corrected chi connectivity index (χ1v) is 8.45. The number of benzene rings is 2. The molecule has 2 aromatic carbocycles. The summed E-state index contributed by atoms with van der Waals surface area (Å²) in [6, 6.07) is 15.6. The first-order chi connectivity index (χ1) is 11.9. The highest BCUT2D eigenvalue weighted by molar-refractivity contribution is 5.92. The topological polar surface area (TPSA) is 79.5 Å². The van der Waals surface area contributed by atoms with Crippen LogP contribution in [0.3, 0.4) is 0 Å². The SMILES string of the molecule is Cc1cccc(NC(N)=NCc2cccc(NC(=O)CC(C)C)c2)c1. The molecule has 0 spiro atoms. The number of carbonyl (C=O) groups excluding carboxylic acids is 1. The highest BCUT2D eigenvalue weighted by atomic mass is 16.1. The number of aliphatic imine (C=N–C) groups is 1. The molecule has 0 aromatic heterocycles. The lowest BCUT2D eigenvalue weighted by Crippen LogP contribution is -2.22. The molecule has 0 aliphatic carbocycles. The fourth-order valence-corrected chi connectivity index (χ4v) is 2.42. The number of hydrogen-bond donors (Lipinski definition) is 3. The van der Waals surface area contributed by atoms with Gasteiger partial charge in [-0.25, -0.2) is 4.99 Å². The van der Waals surface area contributed by atoms with Crippen molar-refractivity contribution in [3.05, 3.63) is 59.7 Å². The Hall–Kier alpha value is -2.82. The fraction of sp³-hybridized carbons (Fsp3) is 0.300. The Kier molecular flexibility index (Phi) is 6.57. The van der Waals surface area contributed by atoms with E-state index in [9.17, 15) is 4.79 Å². The van der Waals surface area contributed by atoms with Gasteiger partial charge in [-0.3, -0.25) is 4.79 Å². The van der Waals surface area contributed by atoms with Crippen LogP contribution in [0, 0.1) is 12.8 Å². The maximum absolute atomic E-state index is 11.9. The van der Waals surface area contributed by atoms with E-state index in [1.165, 1.54) is 0 Å². The molecule has 2 rings (SSSR count). The lowest BCUT2D eigenvalue weighted by Gasteiger charge is -2.09. The average molecular weight is 338 g/mol. The summed E-state index contributed by atoms with van der Waals surface area (Å²) in [6.45, 7) is 6.51. The molecule has 0 saturated carbocycles. The molecule has 5 nitrogen and oxygen atoms in total. The third-order valence-corrected chi connectivity index (χ3v) is 3.53. The summed E-state index contributed by atoms with van der Waals surface area (Å²) in [5.41, 5.74) is 9.78. The highest BCUT2D eigenvalue weighted by Crippen LogP contribution is 2.13. The third-order valence-electron chi connectivity index (χ3n) is 3.53. The van der Waals surface area contributed by atoms with Crippen LogP contribution < -0.4 is 16.4 Å². The molecular formula is C20H26N4O. The van der Waals surface area contributed by atoms with Crippen molar-refractivity contribution in [1.82, 2.24) is 0 Å². The summed E-state index contributed by atoms with van der Waals surface area (Å²) in [6.07, 6.45) is 0.510. The number of nitrogens with one attached hydrogen (secondary N) is 2. The molecule has 1 amide bonds. The number of carbonyl (C=O) groups is 1. The largest absolute Gasteiger partial charge is 0.370 e. The Bertz CT molecular complexity index is 753. The average Bonchev–Trinajstić information content (AvgIpc) is 2.52. The number of aryl methyl sites for hydroxylation is 1. The van der Waals surface area contributed by atoms with Crippen LogP contribution in [0.25, 0.3) is 0 Å². The summed E-state index contributed by atoms with van der Waals surface area (Å²) in [5.74, 6) is 0.719. The normalized spacial score (nSPS) is 11.4. The van der Waals surface area contributed by atoms with E-state index in [4.69, 9.17) is 5.73 Å². The van der Waals surface area contributed by atoms with Crippen LogP contribution in [-0.4, -0.2) is 11.9 Å². The number of hydrogen-bond acceptors (Lipinski definition) is 2. The summed E-state index contributed by atoms with van der Waals surface area (Å²) < 4.78 is 0. The fourth-order valence-electron chi connectivity index (χ4n) is 2.42. The van der Waals surface area contributed by atoms with Crippen molar-refractivity contribution in [3.8, 4) is 0 Å². The van der Waals surface area contributed by atoms with Crippen LogP contribution in [0.4, 0.5) is 11.4 Å². The lowest BCUT2D eigenvalue weighted by atomic mass is 10.1. The Morgan fingerprint density at radius 1 is 1.08 bits per heavy atom. The van der Waals surface area contributed by atoms with Gasteiger partial charge in [0.15, 0.2) is 5.96 Å². The van der Waals surface area contributed by atoms with Gasteiger partial charge in [0.25, 0.3) is 0 Å². The van der Waals surface area contributed by atoms with Gasteiger partial charge in [0.2, 0.25) is 5.91 Å². The van der Waals surface area contributed by atoms with Crippen LogP contribution in [-0.2, 0) is 11.3 Å². The predicted octanol–water partition coefficient (Wildman–Crippen LogP) is 3.91. The first-order valence-electron chi connectivity index (χ1n) is 8.45. The van der Waals surface area contributed by atoms with Gasteiger partial charge in [-0.15, -0.1) is 0 Å². The lowest BCUT2D eigenvalue weighted by molar-refractivity contribution is -0.116. The van der Waals surface area contributed by atoms with Crippen molar-refractivity contribution < 1.29 is 4.79 Å². The minimum absolute atomic E-state index is 0.0243. The van der Waals surface area contributed by atoms with Crippen LogP contribution >= 0.6 is 0 Å². The number of rotatable bonds is 6. The van der Waals surface area contributed by atoms with Gasteiger partial charge in [-0.05, 0) is 48.2 Å². The van der Waals surface area contributed by atoms with Gasteiger partial charge in [0.1, 0.15) is 0 Å². The van der Waals surface area contributed by atoms with Crippen molar-refractivity contribution in [2.45, 2.75) is 33.7 Å². The van der Waals surface area contributed by atoms with Crippen LogP contribution in [0.5, 0.6) is 0 Å². The molecule has 0 aliphatic rings. The Labute approximate surface area is 149 Å². The zero-order valence-electron chi connectivity index (χ0n) is 15.0. The molecule has 0 aliphatic heterocycles. The molecule has 0 heterocycles. The van der Waals surface area contributed by atoms with E-state index in [0.29, 0.717) is 24.8 Å². The Balaban J connectivity index is 1.95. The maximum Gasteiger partial charge on any atom is 0.224 e. The molecular weight excluding hydrogens is 312 g/mol. The van der Waals surface area contributed by atoms with Crippen molar-refractivity contribution >= 4 is 23.2 Å². The van der Waals surface area contributed by atoms with E-state index in [1.54, 1.807) is 0 Å². The number of amides is 1. The van der Waals surface area contributed by atoms with Crippen LogP contribution in [0.15, 0.2) is 53.5 Å². The number of nitrogens with zero attached hydrogens (tertiary/aromatic N) is 1. The second kappa shape index (κ2) is 8.87. The van der Waals surface area contributed by atoms with E-state index in [-0.39, 0.29) is 5.91 Å². The number of anilines is 2. The Morgan fingerprint density at radius 3 is 2.44 bits per heavy atom. The monoisotopic (exact) mass is 338 g/mol. The second-order valence-corrected chi connectivity index (χ2v) is 6.54. The third kappa shape index (κ3) is 6.67. The van der Waals surface area contributed by atoms with Gasteiger partial charge in [0, 0.05) is 17.8 Å². The standard InChI is InChI=1S/C20H26N4O/c1-14(2)10-19(25)23-18-9-5-7-16(12-18)13-22-20(21)24-17-8-4-6-15(3)11-17/h4-9,11-12,14H,10,13H2,1-3H3,(H,23,25)(H3,21,22,24). The van der Waals surface area contributed by atoms with E-state index in [1.807, 2.05) is 69.3 Å². The molecule has 0 atom stereocenters. The zero-order chi connectivity index (χ0) is 18.2. The molecule has 0 fully saturated rings. The molecule has 132 valence electrons. The van der Waals surface area contributed by atoms with Gasteiger partial charge in [-0.1, -0.05) is 38.1 Å². The van der Waals surface area contributed by atoms with E-state index >= 15 is 0 Å². The molecule has 5 heteroatoms. The van der Waals surface area contributed by atoms with Gasteiger partial charge in [0.05, 0.1) is 6.54 Å². The minimum atomic E-state index is 0.0243. The summed E-state index contributed by atoms with van der Waals surface area (Å²) in [5, 5.41) is 5.99. The van der Waals surface area contributed by atoms with Crippen molar-refractivity contribution in [2.24, 2.45) is 16.6 Å². The maximum atomic E-state index is 11.9. The van der Waals surface area contributed by atoms with E-state index in [2.05, 4.69) is 15.6 Å².